The summed E-state index contributed by atoms with van der Waals surface area (Å²) in [6.45, 7) is 4.18. The van der Waals surface area contributed by atoms with Crippen LogP contribution in [0.3, 0.4) is 0 Å². The van der Waals surface area contributed by atoms with Crippen LogP contribution in [0.2, 0.25) is 0 Å². The van der Waals surface area contributed by atoms with Gasteiger partial charge in [0.2, 0.25) is 35.4 Å². The normalized spacial score (nSPS) is 32.9. The number of hydrogen-bond acceptors (Lipinski definition) is 18. The highest BCUT2D eigenvalue weighted by atomic mass is 16.3. The Bertz CT molecular complexity index is 1730. The molecule has 3 aliphatic heterocycles. The van der Waals surface area contributed by atoms with Gasteiger partial charge in [0.1, 0.15) is 54.3 Å². The van der Waals surface area contributed by atoms with Crippen LogP contribution in [0, 0.1) is 5.92 Å². The number of nitrogens with one attached hydrogen (secondary N) is 6. The molecule has 3 aliphatic rings. The fourth-order valence-corrected chi connectivity index (χ4v) is 7.67. The average molecular weight is 883 g/mol. The van der Waals surface area contributed by atoms with Crippen LogP contribution in [0.1, 0.15) is 45.3 Å². The number of amides is 6. The van der Waals surface area contributed by atoms with Crippen LogP contribution < -0.4 is 43.4 Å². The summed E-state index contributed by atoms with van der Waals surface area (Å²) >= 11 is 0. The second-order valence-electron chi connectivity index (χ2n) is 16.2. The number of rotatable bonds is 11. The topological polar surface area (TPSA) is 395 Å². The number of aromatic hydroxyl groups is 1. The summed E-state index contributed by atoms with van der Waals surface area (Å²) in [7, 11) is 0. The molecule has 348 valence electrons. The number of phenolic OH excluding ortho intramolecular Hbond substituents is 1. The quantitative estimate of drug-likeness (QED) is 0.0918. The first-order valence-electron chi connectivity index (χ1n) is 20.5. The number of benzene rings is 1. The number of aliphatic hydroxyl groups is 7. The Labute approximate surface area is 357 Å². The van der Waals surface area contributed by atoms with Gasteiger partial charge in [-0.05, 0) is 31.5 Å². The SMILES string of the molecule is C[C@@H](O)C1NC(=O)C(N)C[C@@H](O)[C@@H](NCCNCCN)NC(=O)C2[C@@H](O)[C@@H](C)CN2C(=O)C([C@@H](C)O)NC(=O)C([C@H](O)[C@@H](O)c2ccc(O)cc2)NC(=O)C2C[C@@H](O)CN2C1=O. The van der Waals surface area contributed by atoms with Gasteiger partial charge in [-0.1, -0.05) is 19.1 Å². The molecule has 15 atom stereocenters. The zero-order valence-corrected chi connectivity index (χ0v) is 34.7. The molecule has 6 unspecified atom stereocenters. The minimum absolute atomic E-state index is 0.0386. The van der Waals surface area contributed by atoms with Gasteiger partial charge in [-0.2, -0.15) is 0 Å². The van der Waals surface area contributed by atoms with Crippen molar-refractivity contribution in [3.63, 3.8) is 0 Å². The molecule has 6 amide bonds. The molecule has 3 saturated heterocycles. The van der Waals surface area contributed by atoms with E-state index in [1.807, 2.05) is 0 Å². The lowest BCUT2D eigenvalue weighted by Crippen LogP contribution is -2.64. The molecular formula is C38H62N10O14. The number of hydrogen-bond donors (Lipinski definition) is 16. The Hall–Kier alpha value is -4.60. The predicted octanol–water partition coefficient (Wildman–Crippen LogP) is -8.16. The molecule has 3 heterocycles. The van der Waals surface area contributed by atoms with Gasteiger partial charge in [-0.25, -0.2) is 0 Å². The van der Waals surface area contributed by atoms with Gasteiger partial charge in [0.25, 0.3) is 0 Å². The summed E-state index contributed by atoms with van der Waals surface area (Å²) in [5.41, 5.74) is 11.7. The molecule has 1 aromatic rings. The van der Waals surface area contributed by atoms with E-state index in [1.165, 1.54) is 31.2 Å². The highest BCUT2D eigenvalue weighted by molar-refractivity contribution is 5.98. The number of fused-ring (bicyclic) bond motifs is 2. The van der Waals surface area contributed by atoms with Crippen LogP contribution in [0.15, 0.2) is 24.3 Å². The van der Waals surface area contributed by atoms with E-state index in [-0.39, 0.29) is 30.9 Å². The van der Waals surface area contributed by atoms with E-state index < -0.39 is 146 Å². The molecule has 4 rings (SSSR count). The Kier molecular flexibility index (Phi) is 17.9. The van der Waals surface area contributed by atoms with Crippen molar-refractivity contribution < 1.29 is 69.6 Å². The van der Waals surface area contributed by atoms with E-state index in [4.69, 9.17) is 11.5 Å². The molecule has 0 saturated carbocycles. The van der Waals surface area contributed by atoms with Crippen molar-refractivity contribution in [2.24, 2.45) is 17.4 Å². The zero-order valence-electron chi connectivity index (χ0n) is 34.7. The molecule has 0 spiro atoms. The zero-order chi connectivity index (χ0) is 46.2. The van der Waals surface area contributed by atoms with Crippen molar-refractivity contribution in [1.82, 2.24) is 41.7 Å². The van der Waals surface area contributed by atoms with Crippen molar-refractivity contribution in [1.29, 1.82) is 0 Å². The van der Waals surface area contributed by atoms with Crippen molar-refractivity contribution in [3.8, 4) is 5.75 Å². The van der Waals surface area contributed by atoms with Gasteiger partial charge in [0.15, 0.2) is 0 Å². The second kappa shape index (κ2) is 22.2. The Morgan fingerprint density at radius 3 is 1.92 bits per heavy atom. The van der Waals surface area contributed by atoms with E-state index >= 15 is 0 Å². The molecule has 0 bridgehead atoms. The Morgan fingerprint density at radius 2 is 1.32 bits per heavy atom. The van der Waals surface area contributed by atoms with Crippen LogP contribution in [0.5, 0.6) is 5.75 Å². The van der Waals surface area contributed by atoms with Crippen LogP contribution in [-0.2, 0) is 28.8 Å². The van der Waals surface area contributed by atoms with Crippen molar-refractivity contribution in [3.05, 3.63) is 29.8 Å². The fraction of sp³-hybridized carbons (Fsp3) is 0.684. The summed E-state index contributed by atoms with van der Waals surface area (Å²) in [5.74, 6) is -7.67. The van der Waals surface area contributed by atoms with Crippen LogP contribution in [-0.4, -0.2) is 204 Å². The van der Waals surface area contributed by atoms with Gasteiger partial charge in [0, 0.05) is 58.0 Å². The summed E-state index contributed by atoms with van der Waals surface area (Å²) in [5, 5.41) is 103. The maximum atomic E-state index is 14.3. The predicted molar refractivity (Wildman–Crippen MR) is 215 cm³/mol. The second-order valence-corrected chi connectivity index (χ2v) is 16.2. The first-order valence-corrected chi connectivity index (χ1v) is 20.5. The number of carbonyl (C=O) groups excluding carboxylic acids is 6. The highest BCUT2D eigenvalue weighted by Crippen LogP contribution is 2.27. The van der Waals surface area contributed by atoms with Crippen LogP contribution >= 0.6 is 0 Å². The van der Waals surface area contributed by atoms with E-state index in [1.54, 1.807) is 0 Å². The molecule has 0 aromatic heterocycles. The number of aliphatic hydroxyl groups excluding tert-OH is 7. The van der Waals surface area contributed by atoms with Crippen LogP contribution in [0.4, 0.5) is 0 Å². The lowest BCUT2D eigenvalue weighted by atomic mass is 9.96. The minimum Gasteiger partial charge on any atom is -0.508 e. The number of phenols is 1. The molecule has 0 radical (unpaired) electrons. The third-order valence-electron chi connectivity index (χ3n) is 11.2. The fourth-order valence-electron chi connectivity index (χ4n) is 7.67. The number of carbonyl (C=O) groups is 6. The van der Waals surface area contributed by atoms with E-state index in [0.717, 1.165) is 23.6 Å². The molecule has 3 fully saturated rings. The van der Waals surface area contributed by atoms with E-state index in [9.17, 15) is 69.6 Å². The molecule has 0 aliphatic carbocycles. The molecule has 24 nitrogen and oxygen atoms in total. The first kappa shape index (κ1) is 50.0. The van der Waals surface area contributed by atoms with Crippen LogP contribution in [0.25, 0.3) is 0 Å². The third kappa shape index (κ3) is 12.1. The highest BCUT2D eigenvalue weighted by Gasteiger charge is 2.50. The Balaban J connectivity index is 1.81. The molecule has 1 aromatic carbocycles. The molecular weight excluding hydrogens is 820 g/mol. The first-order chi connectivity index (χ1) is 29.2. The largest absolute Gasteiger partial charge is 0.508 e. The molecule has 18 N–H and O–H groups in total. The lowest BCUT2D eigenvalue weighted by molar-refractivity contribution is -0.148. The van der Waals surface area contributed by atoms with Gasteiger partial charge in [-0.15, -0.1) is 0 Å². The molecule has 24 heteroatoms. The van der Waals surface area contributed by atoms with Gasteiger partial charge >= 0.3 is 0 Å². The lowest BCUT2D eigenvalue weighted by Gasteiger charge is -2.34. The van der Waals surface area contributed by atoms with Gasteiger partial charge in [-0.3, -0.25) is 34.1 Å². The van der Waals surface area contributed by atoms with Crippen molar-refractivity contribution in [2.45, 2.75) is 119 Å². The smallest absolute Gasteiger partial charge is 0.248 e. The van der Waals surface area contributed by atoms with Crippen molar-refractivity contribution >= 4 is 35.4 Å². The number of nitrogens with two attached hydrogens (primary N) is 2. The monoisotopic (exact) mass is 882 g/mol. The number of nitrogens with zero attached hydrogens (tertiary/aromatic N) is 2. The third-order valence-corrected chi connectivity index (χ3v) is 11.2. The summed E-state index contributed by atoms with van der Waals surface area (Å²) in [6.07, 6.45) is -14.4. The summed E-state index contributed by atoms with van der Waals surface area (Å²) in [6, 6.07) is -5.97. The summed E-state index contributed by atoms with van der Waals surface area (Å²) < 4.78 is 0. The van der Waals surface area contributed by atoms with Gasteiger partial charge in [0.05, 0.1) is 36.6 Å². The maximum absolute atomic E-state index is 14.3. The Morgan fingerprint density at radius 1 is 0.742 bits per heavy atom. The van der Waals surface area contributed by atoms with Crippen molar-refractivity contribution in [2.75, 3.05) is 39.3 Å². The molecule has 62 heavy (non-hydrogen) atoms. The maximum Gasteiger partial charge on any atom is 0.248 e. The van der Waals surface area contributed by atoms with E-state index in [2.05, 4.69) is 31.9 Å². The average Bonchev–Trinajstić information content (AvgIpc) is 3.76. The standard InChI is InChI=1S/C38H62N10O14/c1-16-14-48-28(29(16)54)36(60)46-32(42-11-10-41-9-8-39)24(53)13-22(40)33(57)43-25(17(2)49)37(61)47-15-21(52)12-23(47)34(58)45-27(35(59)44-26(18(3)50)38(48)62)31(56)30(55)19-4-6-20(51)7-5-19/h4-7,16-18,21-32,41-42,49-56H,8-15,39-40H2,1-3H3,(H,43,57)(H,44,59)(H,45,58)(H,46,60)/t16-,17+,18+,21+,22?,23?,24+,25?,26?,27?,28?,29-,30-,31-,32-/m0/s1. The van der Waals surface area contributed by atoms with Gasteiger partial charge < -0.3 is 88.7 Å². The van der Waals surface area contributed by atoms with E-state index in [0.29, 0.717) is 13.1 Å². The summed E-state index contributed by atoms with van der Waals surface area (Å²) in [4.78, 5) is 85.8. The minimum atomic E-state index is -2.23.